The summed E-state index contributed by atoms with van der Waals surface area (Å²) >= 11 is 1.19. The van der Waals surface area contributed by atoms with E-state index in [2.05, 4.69) is 10.4 Å². The van der Waals surface area contributed by atoms with Gasteiger partial charge < -0.3 is 35.4 Å². The lowest BCUT2D eigenvalue weighted by atomic mass is 10.1. The molecule has 172 valence electrons. The fourth-order valence-corrected chi connectivity index (χ4v) is 2.12. The van der Waals surface area contributed by atoms with Gasteiger partial charge in [0.25, 0.3) is 17.9 Å². The van der Waals surface area contributed by atoms with Gasteiger partial charge in [-0.05, 0) is 0 Å². The van der Waals surface area contributed by atoms with Crippen LogP contribution in [0.25, 0.3) is 0 Å². The average molecular weight is 456 g/mol. The lowest BCUT2D eigenvalue weighted by molar-refractivity contribution is -0.297. The molecule has 0 saturated carbocycles. The minimum absolute atomic E-state index is 0.435. The number of hydrogen-bond acceptors (Lipinski definition) is 13. The van der Waals surface area contributed by atoms with E-state index < -0.39 is 54.6 Å². The minimum Gasteiger partial charge on any atom is -0.481 e. The van der Waals surface area contributed by atoms with Crippen LogP contribution in [0.15, 0.2) is 5.10 Å². The number of carboxylic acids is 3. The molecule has 2 heterocycles. The first-order valence-corrected chi connectivity index (χ1v) is 8.81. The molecule has 1 unspecified atom stereocenters. The van der Waals surface area contributed by atoms with E-state index in [1.54, 1.807) is 6.19 Å². The number of rotatable bonds is 4. The van der Waals surface area contributed by atoms with Gasteiger partial charge in [0.1, 0.15) is 18.3 Å². The van der Waals surface area contributed by atoms with Crippen molar-refractivity contribution < 1.29 is 54.6 Å². The number of carboxylic acid groups (broad SMARTS) is 3. The highest BCUT2D eigenvalue weighted by molar-refractivity contribution is 8.12. The molecule has 15 nitrogen and oxygen atoms in total. The van der Waals surface area contributed by atoms with Crippen molar-refractivity contribution in [2.24, 2.45) is 5.10 Å². The zero-order chi connectivity index (χ0) is 23.9. The van der Waals surface area contributed by atoms with Crippen LogP contribution in [0.2, 0.25) is 0 Å². The van der Waals surface area contributed by atoms with Crippen LogP contribution in [-0.2, 0) is 24.0 Å². The Balaban J connectivity index is 0. The lowest BCUT2D eigenvalue weighted by Gasteiger charge is -2.24. The minimum atomic E-state index is -1.30. The molecular formula is C14H24N4O11S. The molecule has 0 aromatic carbocycles. The van der Waals surface area contributed by atoms with E-state index in [4.69, 9.17) is 49.6 Å². The van der Waals surface area contributed by atoms with E-state index in [0.717, 1.165) is 25.9 Å². The highest BCUT2D eigenvalue weighted by Gasteiger charge is 2.45. The third kappa shape index (κ3) is 14.3. The largest absolute Gasteiger partial charge is 0.481 e. The summed E-state index contributed by atoms with van der Waals surface area (Å²) in [5.74, 6) is -2.50. The van der Waals surface area contributed by atoms with Crippen LogP contribution >= 0.6 is 11.8 Å². The summed E-state index contributed by atoms with van der Waals surface area (Å²) in [5, 5.41) is 66.1. The van der Waals surface area contributed by atoms with Crippen molar-refractivity contribution in [3.8, 4) is 6.19 Å². The third-order valence-corrected chi connectivity index (χ3v) is 3.22. The predicted octanol–water partition coefficient (Wildman–Crippen LogP) is -2.02. The monoisotopic (exact) mass is 456 g/mol. The van der Waals surface area contributed by atoms with Crippen molar-refractivity contribution >= 4 is 35.2 Å². The number of hydrogen-bond donors (Lipinski definition) is 7. The van der Waals surface area contributed by atoms with Gasteiger partial charge >= 0.3 is 0 Å². The number of hydroxylamine groups is 1. The van der Waals surface area contributed by atoms with Crippen LogP contribution in [0.1, 0.15) is 20.8 Å². The van der Waals surface area contributed by atoms with Crippen LogP contribution in [-0.4, -0.2) is 96.0 Å². The van der Waals surface area contributed by atoms with Gasteiger partial charge in [-0.3, -0.25) is 19.7 Å². The maximum absolute atomic E-state index is 9.65. The molecule has 0 radical (unpaired) electrons. The van der Waals surface area contributed by atoms with E-state index in [-0.39, 0.29) is 0 Å². The summed E-state index contributed by atoms with van der Waals surface area (Å²) in [6.45, 7) is 2.82. The first kappa shape index (κ1) is 29.5. The van der Waals surface area contributed by atoms with Gasteiger partial charge in [0.15, 0.2) is 6.19 Å². The Bertz CT molecular complexity index is 575. The highest BCUT2D eigenvalue weighted by atomic mass is 32.2. The second-order valence-electron chi connectivity index (χ2n) is 5.14. The predicted molar refractivity (Wildman–Crippen MR) is 99.2 cm³/mol. The molecule has 30 heavy (non-hydrogen) atoms. The van der Waals surface area contributed by atoms with Gasteiger partial charge in [-0.2, -0.15) is 5.26 Å². The summed E-state index contributed by atoms with van der Waals surface area (Å²) in [6, 6.07) is 0. The summed E-state index contributed by atoms with van der Waals surface area (Å²) in [5.41, 5.74) is 0.896. The zero-order valence-corrected chi connectivity index (χ0v) is 17.0. The zero-order valence-electron chi connectivity index (χ0n) is 16.1. The number of nitrogens with one attached hydrogen (secondary N) is 1. The molecule has 2 aliphatic rings. The first-order valence-electron chi connectivity index (χ1n) is 7.86. The standard InChI is InChI=1S/C8H12N4O5S.3C2H4O2/c9-2-10-8-12(11-3-18-8)17-7-6(15)5(14)4(1-13)16-7;3*1-2(3)4/h3-8,10,13-15H,1H2;3*1H3,(H,3,4)/t4-,5-,6-,7+,8?;;;/m1.../s1. The number of nitriles is 1. The Morgan fingerprint density at radius 1 is 1.17 bits per heavy atom. The summed E-state index contributed by atoms with van der Waals surface area (Å²) in [6.07, 6.45) is -2.86. The fraction of sp³-hybridized carbons (Fsp3) is 0.643. The van der Waals surface area contributed by atoms with Crippen molar-refractivity contribution in [3.63, 3.8) is 0 Å². The molecular weight excluding hydrogens is 432 g/mol. The Labute approximate surface area is 175 Å². The Morgan fingerprint density at radius 2 is 1.63 bits per heavy atom. The van der Waals surface area contributed by atoms with E-state index in [9.17, 15) is 10.2 Å². The number of hydrazone groups is 1. The summed E-state index contributed by atoms with van der Waals surface area (Å²) < 4.78 is 5.12. The molecule has 2 rings (SSSR count). The molecule has 0 aliphatic carbocycles. The van der Waals surface area contributed by atoms with E-state index in [0.29, 0.717) is 0 Å². The summed E-state index contributed by atoms with van der Waals surface area (Å²) in [4.78, 5) is 32.2. The normalized spacial score (nSPS) is 25.9. The van der Waals surface area contributed by atoms with Crippen LogP contribution in [0, 0.1) is 11.5 Å². The number of aliphatic hydroxyl groups excluding tert-OH is 3. The SMILES string of the molecule is CC(=O)O.CC(=O)O.CC(=O)O.N#CNC1SC=NN1O[C@@H]1O[C@H](CO)[C@@H](O)[C@H]1O. The molecule has 16 heteroatoms. The fourth-order valence-electron chi connectivity index (χ4n) is 1.53. The third-order valence-electron chi connectivity index (χ3n) is 2.45. The number of thioether (sulfide) groups is 1. The average Bonchev–Trinajstić information content (AvgIpc) is 3.13. The topological polar surface area (TPSA) is 242 Å². The maximum Gasteiger partial charge on any atom is 0.300 e. The molecule has 1 saturated heterocycles. The van der Waals surface area contributed by atoms with Crippen molar-refractivity contribution in [3.05, 3.63) is 0 Å². The molecule has 5 atom stereocenters. The van der Waals surface area contributed by atoms with Gasteiger partial charge in [0.05, 0.1) is 12.2 Å². The van der Waals surface area contributed by atoms with Crippen molar-refractivity contribution in [2.75, 3.05) is 6.61 Å². The second-order valence-corrected chi connectivity index (χ2v) is 6.07. The molecule has 1 fully saturated rings. The van der Waals surface area contributed by atoms with Gasteiger partial charge in [-0.25, -0.2) is 4.84 Å². The van der Waals surface area contributed by atoms with E-state index >= 15 is 0 Å². The molecule has 0 bridgehead atoms. The lowest BCUT2D eigenvalue weighted by Crippen LogP contribution is -2.41. The number of nitrogens with zero attached hydrogens (tertiary/aromatic N) is 3. The summed E-state index contributed by atoms with van der Waals surface area (Å²) in [7, 11) is 0. The van der Waals surface area contributed by atoms with Gasteiger partial charge in [0, 0.05) is 20.8 Å². The molecule has 0 aromatic heterocycles. The van der Waals surface area contributed by atoms with Crippen LogP contribution in [0.5, 0.6) is 0 Å². The number of aliphatic hydroxyl groups is 3. The smallest absolute Gasteiger partial charge is 0.300 e. The van der Waals surface area contributed by atoms with Gasteiger partial charge in [0.2, 0.25) is 11.8 Å². The maximum atomic E-state index is 9.65. The van der Waals surface area contributed by atoms with Gasteiger partial charge in [-0.1, -0.05) is 11.8 Å². The van der Waals surface area contributed by atoms with Crippen LogP contribution in [0.3, 0.4) is 0 Å². The molecule has 0 spiro atoms. The quantitative estimate of drug-likeness (QED) is 0.178. The number of aliphatic carboxylic acids is 3. The second kappa shape index (κ2) is 16.2. The van der Waals surface area contributed by atoms with Crippen LogP contribution in [0.4, 0.5) is 0 Å². The van der Waals surface area contributed by atoms with E-state index in [1.165, 1.54) is 17.3 Å². The van der Waals surface area contributed by atoms with Crippen molar-refractivity contribution in [2.45, 2.75) is 50.9 Å². The molecule has 2 aliphatic heterocycles. The molecule has 7 N–H and O–H groups in total. The van der Waals surface area contributed by atoms with Crippen molar-refractivity contribution in [1.82, 2.24) is 10.5 Å². The first-order chi connectivity index (χ1) is 13.9. The molecule has 0 amide bonds. The van der Waals surface area contributed by atoms with Crippen LogP contribution < -0.4 is 5.32 Å². The van der Waals surface area contributed by atoms with Crippen molar-refractivity contribution in [1.29, 1.82) is 5.26 Å². The van der Waals surface area contributed by atoms with E-state index in [1.807, 2.05) is 0 Å². The Hall–Kier alpha value is -2.68. The molecule has 0 aromatic rings. The number of ether oxygens (including phenoxy) is 1. The number of carbonyl (C=O) groups is 3. The Kier molecular flexibility index (Phi) is 15.9. The van der Waals surface area contributed by atoms with Gasteiger partial charge in [-0.15, -0.1) is 10.3 Å². The highest BCUT2D eigenvalue weighted by Crippen LogP contribution is 2.26. The Morgan fingerprint density at radius 3 is 2.00 bits per heavy atom.